The summed E-state index contributed by atoms with van der Waals surface area (Å²) in [6.07, 6.45) is 24.5. The van der Waals surface area contributed by atoms with Crippen molar-refractivity contribution in [2.45, 2.75) is 188 Å². The van der Waals surface area contributed by atoms with Crippen molar-refractivity contribution in [1.82, 2.24) is 0 Å². The number of hydrogen-bond donors (Lipinski definition) is 0. The first-order valence-electron chi connectivity index (χ1n) is 19.9. The van der Waals surface area contributed by atoms with Crippen molar-refractivity contribution in [2.75, 3.05) is 0 Å². The fourth-order valence-electron chi connectivity index (χ4n) is 6.88. The van der Waals surface area contributed by atoms with Gasteiger partial charge in [-0.1, -0.05) is 91.9 Å². The van der Waals surface area contributed by atoms with Crippen LogP contribution in [0.3, 0.4) is 0 Å². The number of aryl methyl sites for hydroxylation is 4. The van der Waals surface area contributed by atoms with E-state index < -0.39 is 0 Å². The van der Waals surface area contributed by atoms with E-state index in [0.717, 1.165) is 67.0 Å². The van der Waals surface area contributed by atoms with Crippen molar-refractivity contribution in [3.63, 3.8) is 0 Å². The quantitative estimate of drug-likeness (QED) is 0.0651. The van der Waals surface area contributed by atoms with E-state index in [1.54, 1.807) is 5.56 Å². The van der Waals surface area contributed by atoms with Crippen LogP contribution in [-0.2, 0) is 37.2 Å². The van der Waals surface area contributed by atoms with E-state index in [2.05, 4.69) is 92.7 Å². The van der Waals surface area contributed by atoms with Gasteiger partial charge in [-0.05, 0) is 130 Å². The van der Waals surface area contributed by atoms with Crippen LogP contribution in [0.15, 0.2) is 35.9 Å². The minimum absolute atomic E-state index is 0.958. The summed E-state index contributed by atoms with van der Waals surface area (Å²) in [6.45, 7) is 20.2. The molecule has 48 heavy (non-hydrogen) atoms. The number of unbranched alkanes of at least 4 members (excludes halogenated alkanes) is 10. The zero-order valence-corrected chi connectivity index (χ0v) is 34.3. The maximum absolute atomic E-state index is 11.9. The summed E-state index contributed by atoms with van der Waals surface area (Å²) < 4.78 is 1.53. The molecule has 272 valence electrons. The Labute approximate surface area is 306 Å². The zero-order chi connectivity index (χ0) is 35.3. The Morgan fingerprint density at radius 1 is 0.542 bits per heavy atom. The van der Waals surface area contributed by atoms with Gasteiger partial charge in [0.2, 0.25) is 11.4 Å². The molecule has 3 rings (SSSR count). The van der Waals surface area contributed by atoms with Crippen LogP contribution in [0.2, 0.25) is 9.79 Å². The van der Waals surface area contributed by atoms with Gasteiger partial charge in [-0.25, -0.2) is 4.70 Å². The Bertz CT molecular complexity index is 1260. The molecule has 1 aliphatic rings. The van der Waals surface area contributed by atoms with Crippen LogP contribution in [0.4, 0.5) is 0 Å². The van der Waals surface area contributed by atoms with Gasteiger partial charge in [0.05, 0.1) is 0 Å². The van der Waals surface area contributed by atoms with E-state index in [0.29, 0.717) is 0 Å². The standard InChI is InChI=1S/C41H62N2.2C2H5.Pd/c1-8-12-16-19-23-34-28-37(29-35(24-20-17-13-9-2)39(34)25-21-18-14-10-3)40-30-36(22-15-11-4)41(43(40)42)38-26-31(5)33(7)32(6)27-38;2*1-2;/h26-30H,8-25H2,1-7H3;2*1H2,2H3;. The Morgan fingerprint density at radius 3 is 1.46 bits per heavy atom. The van der Waals surface area contributed by atoms with Crippen molar-refractivity contribution in [3.8, 4) is 0 Å². The molecule has 0 aromatic heterocycles. The van der Waals surface area contributed by atoms with Gasteiger partial charge in [-0.2, -0.15) is 0 Å². The molecule has 0 amide bonds. The van der Waals surface area contributed by atoms with Crippen molar-refractivity contribution in [3.05, 3.63) is 86.0 Å². The second-order valence-corrected chi connectivity index (χ2v) is 16.8. The molecule has 0 spiro atoms. The summed E-state index contributed by atoms with van der Waals surface area (Å²) in [5.41, 5.74) is 26.1. The molecular weight excluding hydrogens is 675 g/mol. The predicted octanol–water partition coefficient (Wildman–Crippen LogP) is 14.9. The number of rotatable bonds is 22. The molecule has 0 aliphatic carbocycles. The van der Waals surface area contributed by atoms with Crippen molar-refractivity contribution in [1.29, 1.82) is 0 Å². The summed E-state index contributed by atoms with van der Waals surface area (Å²) in [5, 5.41) is 0. The first kappa shape index (κ1) is 42.4. The average Bonchev–Trinajstić information content (AvgIpc) is 3.41. The molecule has 0 fully saturated rings. The fourth-order valence-corrected chi connectivity index (χ4v) is 7.66. The van der Waals surface area contributed by atoms with Gasteiger partial charge >= 0.3 is 41.6 Å². The van der Waals surface area contributed by atoms with Gasteiger partial charge in [-0.3, -0.25) is 0 Å². The second-order valence-electron chi connectivity index (χ2n) is 13.9. The van der Waals surface area contributed by atoms with E-state index >= 15 is 0 Å². The number of nitrogens with zero attached hydrogens (tertiary/aromatic N) is 2. The summed E-state index contributed by atoms with van der Waals surface area (Å²) in [5.74, 6) is 0. The molecule has 0 atom stereocenters. The number of hydrogen-bond acceptors (Lipinski definition) is 0. The van der Waals surface area contributed by atoms with Crippen LogP contribution in [0, 0.1) is 20.8 Å². The predicted molar refractivity (Wildman–Crippen MR) is 210 cm³/mol. The first-order chi connectivity index (χ1) is 23.3. The summed E-state index contributed by atoms with van der Waals surface area (Å²) in [7, 11) is 0. The van der Waals surface area contributed by atoms with Crippen LogP contribution in [0.25, 0.3) is 16.9 Å². The molecule has 0 saturated heterocycles. The molecule has 1 heterocycles. The number of allylic oxidation sites excluding steroid dienone is 2. The van der Waals surface area contributed by atoms with Crippen LogP contribution in [0.1, 0.15) is 182 Å². The first-order valence-corrected chi connectivity index (χ1v) is 22.1. The normalized spacial score (nSPS) is 12.9. The molecule has 2 aromatic rings. The molecule has 3 heteroatoms. The van der Waals surface area contributed by atoms with Crippen LogP contribution in [0.5, 0.6) is 0 Å². The summed E-state index contributed by atoms with van der Waals surface area (Å²) in [4.78, 5) is 2.79. The topological polar surface area (TPSA) is 25.3 Å². The Morgan fingerprint density at radius 2 is 1.02 bits per heavy atom. The summed E-state index contributed by atoms with van der Waals surface area (Å²) in [6, 6.07) is 9.44. The molecular formula is C45H72N2Pd. The minimum atomic E-state index is 0.958. The van der Waals surface area contributed by atoms with Crippen LogP contribution in [-0.4, -0.2) is 4.70 Å². The van der Waals surface area contributed by atoms with Crippen molar-refractivity contribution < 1.29 is 22.7 Å². The SMILES string of the molecule is CCCCCCc1cc(C2=CC(CCCC)=C(c3cc(C)c(C)c(C)c3)[N+]2=[N-])cc(CCCCCC)c1CCCCCC.C[CH2][Pd][CH2]C. The molecule has 0 unspecified atom stereocenters. The zero-order valence-electron chi connectivity index (χ0n) is 32.7. The van der Waals surface area contributed by atoms with Gasteiger partial charge in [0.25, 0.3) is 0 Å². The Balaban J connectivity index is 0.00000149. The number of benzene rings is 2. The Hall–Kier alpha value is -1.82. The van der Waals surface area contributed by atoms with E-state index in [1.807, 2.05) is 0 Å². The third-order valence-electron chi connectivity index (χ3n) is 9.98. The van der Waals surface area contributed by atoms with E-state index in [1.165, 1.54) is 137 Å². The molecule has 0 radical (unpaired) electrons. The molecule has 0 N–H and O–H groups in total. The Kier molecular flexibility index (Phi) is 21.5. The average molecular weight is 748 g/mol. The summed E-state index contributed by atoms with van der Waals surface area (Å²) >= 11 is 1.04. The van der Waals surface area contributed by atoms with Gasteiger partial charge < -0.3 is 5.53 Å². The maximum atomic E-state index is 11.9. The van der Waals surface area contributed by atoms with Crippen molar-refractivity contribution in [2.24, 2.45) is 0 Å². The third kappa shape index (κ3) is 13.5. The molecule has 0 saturated carbocycles. The van der Waals surface area contributed by atoms with Crippen LogP contribution < -0.4 is 0 Å². The second kappa shape index (κ2) is 24.4. The molecule has 2 nitrogen and oxygen atoms in total. The molecule has 0 bridgehead atoms. The monoisotopic (exact) mass is 746 g/mol. The van der Waals surface area contributed by atoms with Crippen molar-refractivity contribution >= 4 is 11.4 Å². The van der Waals surface area contributed by atoms with Crippen LogP contribution >= 0.6 is 0 Å². The van der Waals surface area contributed by atoms with Gasteiger partial charge in [-0.15, -0.1) is 0 Å². The third-order valence-corrected chi connectivity index (χ3v) is 11.5. The van der Waals surface area contributed by atoms with E-state index in [-0.39, 0.29) is 0 Å². The molecule has 1 aliphatic heterocycles. The van der Waals surface area contributed by atoms with E-state index in [4.69, 9.17) is 0 Å². The van der Waals surface area contributed by atoms with Gasteiger partial charge in [0.1, 0.15) is 0 Å². The molecule has 2 aromatic carbocycles. The van der Waals surface area contributed by atoms with Gasteiger partial charge in [0.15, 0.2) is 0 Å². The van der Waals surface area contributed by atoms with Gasteiger partial charge in [0, 0.05) is 22.8 Å². The van der Waals surface area contributed by atoms with E-state index in [9.17, 15) is 5.53 Å². The fraction of sp³-hybridized carbons (Fsp3) is 0.644.